The molecule has 112 valence electrons. The monoisotopic (exact) mass is 362 g/mol. The fourth-order valence-corrected chi connectivity index (χ4v) is 2.75. The second-order valence-corrected chi connectivity index (χ2v) is 5.48. The predicted molar refractivity (Wildman–Crippen MR) is 74.6 cm³/mol. The van der Waals surface area contributed by atoms with Gasteiger partial charge in [-0.05, 0) is 18.6 Å². The molecule has 0 aliphatic heterocycles. The molecule has 21 heavy (non-hydrogen) atoms. The van der Waals surface area contributed by atoms with Gasteiger partial charge in [0.05, 0.1) is 7.11 Å². The van der Waals surface area contributed by atoms with Crippen molar-refractivity contribution in [1.82, 2.24) is 0 Å². The Morgan fingerprint density at radius 1 is 1.00 bits per heavy atom. The second-order valence-electron chi connectivity index (χ2n) is 4.38. The summed E-state index contributed by atoms with van der Waals surface area (Å²) in [5.74, 6) is -3.16. The first-order valence-corrected chi connectivity index (χ1v) is 6.95. The van der Waals surface area contributed by atoms with E-state index in [0.29, 0.717) is 0 Å². The van der Waals surface area contributed by atoms with E-state index < -0.39 is 28.1 Å². The zero-order valence-corrected chi connectivity index (χ0v) is 12.6. The van der Waals surface area contributed by atoms with E-state index in [0.717, 1.165) is 24.3 Å². The summed E-state index contributed by atoms with van der Waals surface area (Å²) in [7, 11) is 1.29. The van der Waals surface area contributed by atoms with E-state index in [4.69, 9.17) is 4.74 Å². The predicted octanol–water partition coefficient (Wildman–Crippen LogP) is 4.93. The molecule has 0 amide bonds. The largest absolute Gasteiger partial charge is 0.497 e. The maximum Gasteiger partial charge on any atom is 0.134 e. The highest BCUT2D eigenvalue weighted by Gasteiger charge is 2.22. The molecule has 0 saturated heterocycles. The van der Waals surface area contributed by atoms with E-state index in [1.807, 2.05) is 0 Å². The van der Waals surface area contributed by atoms with Gasteiger partial charge < -0.3 is 4.74 Å². The molecule has 0 saturated carbocycles. The lowest BCUT2D eigenvalue weighted by Gasteiger charge is -2.14. The molecule has 2 aromatic rings. The molecule has 0 aliphatic carbocycles. The van der Waals surface area contributed by atoms with Crippen LogP contribution in [0, 0.1) is 23.3 Å². The summed E-state index contributed by atoms with van der Waals surface area (Å²) >= 11 is 3.09. The van der Waals surface area contributed by atoms with E-state index in [9.17, 15) is 17.6 Å². The van der Waals surface area contributed by atoms with Gasteiger partial charge in [0, 0.05) is 28.1 Å². The zero-order chi connectivity index (χ0) is 15.6. The first-order chi connectivity index (χ1) is 9.93. The van der Waals surface area contributed by atoms with Crippen molar-refractivity contribution in [2.75, 3.05) is 7.11 Å². The van der Waals surface area contributed by atoms with Crippen molar-refractivity contribution < 1.29 is 22.3 Å². The zero-order valence-electron chi connectivity index (χ0n) is 11.0. The van der Waals surface area contributed by atoms with Crippen molar-refractivity contribution in [2.45, 2.75) is 11.2 Å². The Morgan fingerprint density at radius 2 is 1.52 bits per heavy atom. The number of methoxy groups -OCH3 is 1. The number of rotatable bonds is 4. The Morgan fingerprint density at radius 3 is 2.00 bits per heavy atom. The Kier molecular flexibility index (Phi) is 4.88. The van der Waals surface area contributed by atoms with E-state index in [1.54, 1.807) is 0 Å². The average Bonchev–Trinajstić information content (AvgIpc) is 2.42. The van der Waals surface area contributed by atoms with Crippen molar-refractivity contribution >= 4 is 15.9 Å². The molecule has 0 spiro atoms. The second kappa shape index (κ2) is 6.47. The van der Waals surface area contributed by atoms with Crippen molar-refractivity contribution in [3.8, 4) is 5.75 Å². The summed E-state index contributed by atoms with van der Waals surface area (Å²) in [6, 6.07) is 5.46. The molecule has 0 N–H and O–H groups in total. The molecular formula is C15H11BrF4O. The van der Waals surface area contributed by atoms with Crippen LogP contribution in [0.5, 0.6) is 5.75 Å². The van der Waals surface area contributed by atoms with Crippen LogP contribution in [-0.4, -0.2) is 7.11 Å². The van der Waals surface area contributed by atoms with Gasteiger partial charge in [-0.25, -0.2) is 17.6 Å². The van der Waals surface area contributed by atoms with Gasteiger partial charge in [-0.3, -0.25) is 0 Å². The number of ether oxygens (including phenoxy) is 1. The number of hydrogen-bond acceptors (Lipinski definition) is 1. The van der Waals surface area contributed by atoms with Crippen LogP contribution in [0.3, 0.4) is 0 Å². The Hall–Kier alpha value is -1.56. The van der Waals surface area contributed by atoms with Crippen molar-refractivity contribution in [3.63, 3.8) is 0 Å². The molecule has 0 heterocycles. The van der Waals surface area contributed by atoms with Crippen LogP contribution in [0.4, 0.5) is 17.6 Å². The summed E-state index contributed by atoms with van der Waals surface area (Å²) in [6.07, 6.45) is -0.224. The highest BCUT2D eigenvalue weighted by molar-refractivity contribution is 9.09. The van der Waals surface area contributed by atoms with E-state index >= 15 is 0 Å². The van der Waals surface area contributed by atoms with Gasteiger partial charge in [0.15, 0.2) is 0 Å². The van der Waals surface area contributed by atoms with E-state index in [-0.39, 0.29) is 23.3 Å². The molecule has 2 rings (SSSR count). The van der Waals surface area contributed by atoms with E-state index in [1.165, 1.54) is 13.2 Å². The summed E-state index contributed by atoms with van der Waals surface area (Å²) < 4.78 is 59.7. The van der Waals surface area contributed by atoms with Gasteiger partial charge in [0.25, 0.3) is 0 Å². The minimum absolute atomic E-state index is 0.0329. The molecule has 1 unspecified atom stereocenters. The third kappa shape index (κ3) is 3.37. The highest BCUT2D eigenvalue weighted by Crippen LogP contribution is 2.34. The van der Waals surface area contributed by atoms with Gasteiger partial charge in [0.2, 0.25) is 0 Å². The van der Waals surface area contributed by atoms with Crippen LogP contribution in [0.2, 0.25) is 0 Å². The van der Waals surface area contributed by atoms with Crippen molar-refractivity contribution in [3.05, 3.63) is 64.7 Å². The van der Waals surface area contributed by atoms with Crippen molar-refractivity contribution in [2.24, 2.45) is 0 Å². The Balaban J connectivity index is 2.35. The molecule has 0 aliphatic rings. The first kappa shape index (κ1) is 15.8. The minimum Gasteiger partial charge on any atom is -0.497 e. The number of benzene rings is 2. The number of alkyl halides is 1. The maximum atomic E-state index is 13.9. The summed E-state index contributed by atoms with van der Waals surface area (Å²) in [5, 5.41) is 0. The topological polar surface area (TPSA) is 9.23 Å². The summed E-state index contributed by atoms with van der Waals surface area (Å²) in [6.45, 7) is 0. The lowest BCUT2D eigenvalue weighted by atomic mass is 10.0. The van der Waals surface area contributed by atoms with Gasteiger partial charge >= 0.3 is 0 Å². The van der Waals surface area contributed by atoms with Crippen molar-refractivity contribution in [1.29, 1.82) is 0 Å². The molecular weight excluding hydrogens is 352 g/mol. The minimum atomic E-state index is -0.908. The SMILES string of the molecule is COc1cc(F)c(C(Br)Cc2c(F)cccc2F)c(F)c1. The van der Waals surface area contributed by atoms with Gasteiger partial charge in [-0.1, -0.05) is 22.0 Å². The van der Waals surface area contributed by atoms with Gasteiger partial charge in [0.1, 0.15) is 29.0 Å². The van der Waals surface area contributed by atoms with Crippen LogP contribution in [0.15, 0.2) is 30.3 Å². The average molecular weight is 363 g/mol. The van der Waals surface area contributed by atoms with Gasteiger partial charge in [-0.15, -0.1) is 0 Å². The third-order valence-electron chi connectivity index (χ3n) is 3.05. The fourth-order valence-electron chi connectivity index (χ4n) is 1.99. The van der Waals surface area contributed by atoms with E-state index in [2.05, 4.69) is 15.9 Å². The smallest absolute Gasteiger partial charge is 0.134 e. The lowest BCUT2D eigenvalue weighted by Crippen LogP contribution is -2.06. The molecule has 0 radical (unpaired) electrons. The standard InChI is InChI=1S/C15H11BrF4O/c1-21-8-5-13(19)15(14(20)6-8)10(16)7-9-11(17)3-2-4-12(9)18/h2-6,10H,7H2,1H3. The summed E-state index contributed by atoms with van der Waals surface area (Å²) in [5.41, 5.74) is -0.521. The quantitative estimate of drug-likeness (QED) is 0.553. The Labute approximate surface area is 127 Å². The molecule has 1 atom stereocenters. The lowest BCUT2D eigenvalue weighted by molar-refractivity contribution is 0.405. The third-order valence-corrected chi connectivity index (χ3v) is 3.83. The Bertz CT molecular complexity index is 617. The normalized spacial score (nSPS) is 12.3. The van der Waals surface area contributed by atoms with Crippen LogP contribution in [-0.2, 0) is 6.42 Å². The van der Waals surface area contributed by atoms with Crippen LogP contribution in [0.1, 0.15) is 16.0 Å². The molecule has 6 heteroatoms. The summed E-state index contributed by atoms with van der Waals surface area (Å²) in [4.78, 5) is -0.908. The molecule has 0 aromatic heterocycles. The maximum absolute atomic E-state index is 13.9. The number of hydrogen-bond donors (Lipinski definition) is 0. The molecule has 0 fully saturated rings. The van der Waals surface area contributed by atoms with Crippen LogP contribution >= 0.6 is 15.9 Å². The van der Waals surface area contributed by atoms with Crippen LogP contribution < -0.4 is 4.74 Å². The van der Waals surface area contributed by atoms with Gasteiger partial charge in [-0.2, -0.15) is 0 Å². The molecule has 1 nitrogen and oxygen atoms in total. The highest BCUT2D eigenvalue weighted by atomic mass is 79.9. The fraction of sp³-hybridized carbons (Fsp3) is 0.200. The molecule has 0 bridgehead atoms. The van der Waals surface area contributed by atoms with Crippen LogP contribution in [0.25, 0.3) is 0 Å². The first-order valence-electron chi connectivity index (χ1n) is 6.04. The molecule has 2 aromatic carbocycles. The number of halogens is 5.